The van der Waals surface area contributed by atoms with Crippen LogP contribution >= 0.6 is 0 Å². The minimum atomic E-state index is -0.736. The first-order valence-corrected chi connectivity index (χ1v) is 6.22. The molecule has 0 amide bonds. The number of carboxylic acids is 1. The maximum absolute atomic E-state index is 10.8. The Morgan fingerprint density at radius 3 is 2.53 bits per heavy atom. The monoisotopic (exact) mass is 233 g/mol. The number of hydrogen-bond acceptors (Lipinski definition) is 2. The van der Waals surface area contributed by atoms with Crippen molar-refractivity contribution in [3.05, 3.63) is 35.9 Å². The van der Waals surface area contributed by atoms with Crippen LogP contribution in [0.3, 0.4) is 0 Å². The van der Waals surface area contributed by atoms with Crippen LogP contribution in [-0.4, -0.2) is 29.1 Å². The highest BCUT2D eigenvalue weighted by Crippen LogP contribution is 2.27. The van der Waals surface area contributed by atoms with Crippen LogP contribution in [0.25, 0.3) is 0 Å². The predicted octanol–water partition coefficient (Wildman–Crippen LogP) is 2.37. The van der Waals surface area contributed by atoms with E-state index in [2.05, 4.69) is 12.1 Å². The third-order valence-electron chi connectivity index (χ3n) is 3.35. The highest BCUT2D eigenvalue weighted by Gasteiger charge is 2.21. The van der Waals surface area contributed by atoms with E-state index in [4.69, 9.17) is 5.11 Å². The van der Waals surface area contributed by atoms with Gasteiger partial charge in [-0.1, -0.05) is 36.8 Å². The van der Waals surface area contributed by atoms with E-state index in [-0.39, 0.29) is 6.54 Å². The molecule has 92 valence electrons. The van der Waals surface area contributed by atoms with Gasteiger partial charge in [0.15, 0.2) is 0 Å². The summed E-state index contributed by atoms with van der Waals surface area (Å²) in [7, 11) is 0. The molecule has 0 heterocycles. The molecule has 1 N–H and O–H groups in total. The highest BCUT2D eigenvalue weighted by atomic mass is 16.4. The number of benzene rings is 1. The molecule has 1 aromatic carbocycles. The Bertz CT molecular complexity index is 360. The topological polar surface area (TPSA) is 40.5 Å². The molecule has 17 heavy (non-hydrogen) atoms. The largest absolute Gasteiger partial charge is 0.480 e. The Morgan fingerprint density at radius 2 is 2.00 bits per heavy atom. The van der Waals surface area contributed by atoms with Gasteiger partial charge >= 0.3 is 5.97 Å². The summed E-state index contributed by atoms with van der Waals surface area (Å²) < 4.78 is 0. The van der Waals surface area contributed by atoms with Crippen molar-refractivity contribution in [2.45, 2.75) is 25.8 Å². The van der Waals surface area contributed by atoms with Crippen molar-refractivity contribution >= 4 is 5.97 Å². The molecular weight excluding hydrogens is 214 g/mol. The summed E-state index contributed by atoms with van der Waals surface area (Å²) in [6.45, 7) is 1.80. The zero-order chi connectivity index (χ0) is 12.1. The van der Waals surface area contributed by atoms with Crippen molar-refractivity contribution < 1.29 is 9.90 Å². The number of carboxylic acid groups (broad SMARTS) is 1. The van der Waals surface area contributed by atoms with Gasteiger partial charge in [0, 0.05) is 13.1 Å². The van der Waals surface area contributed by atoms with Crippen LogP contribution in [-0.2, 0) is 11.3 Å². The van der Waals surface area contributed by atoms with Gasteiger partial charge in [0.2, 0.25) is 0 Å². The van der Waals surface area contributed by atoms with Gasteiger partial charge in [0.05, 0.1) is 6.54 Å². The van der Waals surface area contributed by atoms with Gasteiger partial charge in [-0.25, -0.2) is 0 Å². The fourth-order valence-corrected chi connectivity index (χ4v) is 2.26. The van der Waals surface area contributed by atoms with Gasteiger partial charge < -0.3 is 5.11 Å². The molecule has 1 aromatic rings. The second kappa shape index (κ2) is 5.82. The summed E-state index contributed by atoms with van der Waals surface area (Å²) in [6, 6.07) is 10.1. The Hall–Kier alpha value is -1.35. The third-order valence-corrected chi connectivity index (χ3v) is 3.35. The first-order valence-electron chi connectivity index (χ1n) is 6.22. The molecule has 0 spiro atoms. The van der Waals surface area contributed by atoms with Crippen molar-refractivity contribution in [3.8, 4) is 0 Å². The molecule has 2 rings (SSSR count). The quantitative estimate of drug-likeness (QED) is 0.820. The van der Waals surface area contributed by atoms with E-state index < -0.39 is 5.97 Å². The maximum atomic E-state index is 10.8. The molecule has 0 aliphatic heterocycles. The normalized spacial score (nSPS) is 15.8. The van der Waals surface area contributed by atoms with Crippen LogP contribution in [0.1, 0.15) is 24.8 Å². The minimum Gasteiger partial charge on any atom is -0.480 e. The highest BCUT2D eigenvalue weighted by molar-refractivity contribution is 5.69. The molecular formula is C14H19NO2. The van der Waals surface area contributed by atoms with E-state index in [1.807, 2.05) is 23.1 Å². The van der Waals surface area contributed by atoms with Gasteiger partial charge in [-0.3, -0.25) is 9.69 Å². The van der Waals surface area contributed by atoms with Crippen LogP contribution in [0.2, 0.25) is 0 Å². The fraction of sp³-hybridized carbons (Fsp3) is 0.500. The van der Waals surface area contributed by atoms with E-state index in [0.717, 1.165) is 13.1 Å². The molecule has 1 saturated carbocycles. The zero-order valence-electron chi connectivity index (χ0n) is 10.0. The van der Waals surface area contributed by atoms with Crippen LogP contribution in [0.5, 0.6) is 0 Å². The van der Waals surface area contributed by atoms with Crippen LogP contribution in [0, 0.1) is 5.92 Å². The predicted molar refractivity (Wildman–Crippen MR) is 66.7 cm³/mol. The second-order valence-corrected chi connectivity index (χ2v) is 4.85. The van der Waals surface area contributed by atoms with Gasteiger partial charge in [-0.2, -0.15) is 0 Å². The SMILES string of the molecule is O=C(O)CN(Cc1ccccc1)CC1CCC1. The lowest BCUT2D eigenvalue weighted by molar-refractivity contribution is -0.138. The van der Waals surface area contributed by atoms with Gasteiger partial charge in [-0.05, 0) is 24.3 Å². The Kier molecular flexibility index (Phi) is 4.15. The summed E-state index contributed by atoms with van der Waals surface area (Å²) in [5.74, 6) is -0.0293. The van der Waals surface area contributed by atoms with Gasteiger partial charge in [0.1, 0.15) is 0 Å². The molecule has 3 nitrogen and oxygen atoms in total. The van der Waals surface area contributed by atoms with E-state index in [1.165, 1.54) is 24.8 Å². The Labute approximate surface area is 102 Å². The first kappa shape index (κ1) is 12.1. The number of rotatable bonds is 6. The van der Waals surface area contributed by atoms with Crippen LogP contribution in [0.15, 0.2) is 30.3 Å². The van der Waals surface area contributed by atoms with E-state index in [9.17, 15) is 4.79 Å². The van der Waals surface area contributed by atoms with Crippen molar-refractivity contribution in [3.63, 3.8) is 0 Å². The van der Waals surface area contributed by atoms with E-state index >= 15 is 0 Å². The molecule has 0 atom stereocenters. The molecule has 0 saturated heterocycles. The minimum absolute atomic E-state index is 0.144. The summed E-state index contributed by atoms with van der Waals surface area (Å²) in [5, 5.41) is 8.92. The van der Waals surface area contributed by atoms with E-state index in [0.29, 0.717) is 5.92 Å². The Balaban J connectivity index is 1.91. The molecule has 0 radical (unpaired) electrons. The summed E-state index contributed by atoms with van der Waals surface area (Å²) in [6.07, 6.45) is 3.81. The molecule has 0 bridgehead atoms. The molecule has 0 unspecified atom stereocenters. The standard InChI is InChI=1S/C14H19NO2/c16-14(17)11-15(10-13-7-4-8-13)9-12-5-2-1-3-6-12/h1-3,5-6,13H,4,7-11H2,(H,16,17). The van der Waals surface area contributed by atoms with E-state index in [1.54, 1.807) is 0 Å². The van der Waals surface area contributed by atoms with Crippen molar-refractivity contribution in [2.75, 3.05) is 13.1 Å². The van der Waals surface area contributed by atoms with Crippen molar-refractivity contribution in [1.82, 2.24) is 4.90 Å². The van der Waals surface area contributed by atoms with Crippen LogP contribution < -0.4 is 0 Å². The fourth-order valence-electron chi connectivity index (χ4n) is 2.26. The van der Waals surface area contributed by atoms with Gasteiger partial charge in [0.25, 0.3) is 0 Å². The molecule has 1 fully saturated rings. The summed E-state index contributed by atoms with van der Waals surface area (Å²) >= 11 is 0. The first-order chi connectivity index (χ1) is 8.24. The van der Waals surface area contributed by atoms with Crippen molar-refractivity contribution in [2.24, 2.45) is 5.92 Å². The average molecular weight is 233 g/mol. The lowest BCUT2D eigenvalue weighted by Gasteiger charge is -2.31. The van der Waals surface area contributed by atoms with Crippen LogP contribution in [0.4, 0.5) is 0 Å². The number of nitrogens with zero attached hydrogens (tertiary/aromatic N) is 1. The number of aliphatic carboxylic acids is 1. The number of hydrogen-bond donors (Lipinski definition) is 1. The second-order valence-electron chi connectivity index (χ2n) is 4.85. The average Bonchev–Trinajstić information content (AvgIpc) is 2.24. The zero-order valence-corrected chi connectivity index (χ0v) is 10.0. The smallest absolute Gasteiger partial charge is 0.317 e. The lowest BCUT2D eigenvalue weighted by Crippen LogP contribution is -2.35. The molecule has 3 heteroatoms. The maximum Gasteiger partial charge on any atom is 0.317 e. The van der Waals surface area contributed by atoms with Gasteiger partial charge in [-0.15, -0.1) is 0 Å². The molecule has 1 aliphatic carbocycles. The Morgan fingerprint density at radius 1 is 1.29 bits per heavy atom. The summed E-state index contributed by atoms with van der Waals surface area (Å²) in [5.41, 5.74) is 1.19. The number of carbonyl (C=O) groups is 1. The molecule has 0 aromatic heterocycles. The molecule has 1 aliphatic rings. The lowest BCUT2D eigenvalue weighted by atomic mass is 9.85. The third kappa shape index (κ3) is 3.86. The van der Waals surface area contributed by atoms with Crippen molar-refractivity contribution in [1.29, 1.82) is 0 Å². The summed E-state index contributed by atoms with van der Waals surface area (Å²) in [4.78, 5) is 12.9.